The van der Waals surface area contributed by atoms with Crippen molar-refractivity contribution in [1.29, 1.82) is 0 Å². The Bertz CT molecular complexity index is 253. The van der Waals surface area contributed by atoms with Gasteiger partial charge in [-0.3, -0.25) is 0 Å². The SMILES string of the molecule is Clc1ccc(C2CCCCN2)s1. The van der Waals surface area contributed by atoms with Gasteiger partial charge in [-0.1, -0.05) is 18.0 Å². The molecule has 2 heterocycles. The summed E-state index contributed by atoms with van der Waals surface area (Å²) in [6.45, 7) is 1.15. The molecule has 0 aromatic carbocycles. The summed E-state index contributed by atoms with van der Waals surface area (Å²) in [5, 5.41) is 3.50. The van der Waals surface area contributed by atoms with Gasteiger partial charge in [0.25, 0.3) is 0 Å². The lowest BCUT2D eigenvalue weighted by molar-refractivity contribution is 0.417. The summed E-state index contributed by atoms with van der Waals surface area (Å²) in [7, 11) is 0. The first-order valence-corrected chi connectivity index (χ1v) is 5.54. The van der Waals surface area contributed by atoms with Gasteiger partial charge in [-0.05, 0) is 31.5 Å². The Morgan fingerprint density at radius 2 is 2.33 bits per heavy atom. The average molecular weight is 202 g/mol. The molecule has 1 atom stereocenters. The monoisotopic (exact) mass is 201 g/mol. The molecule has 1 aliphatic rings. The molecule has 3 heteroatoms. The Balaban J connectivity index is 2.08. The lowest BCUT2D eigenvalue weighted by Crippen LogP contribution is -2.25. The molecular weight excluding hydrogens is 190 g/mol. The number of hydrogen-bond donors (Lipinski definition) is 1. The first-order chi connectivity index (χ1) is 5.86. The third-order valence-electron chi connectivity index (χ3n) is 2.25. The van der Waals surface area contributed by atoms with E-state index in [0.717, 1.165) is 10.9 Å². The second kappa shape index (κ2) is 3.77. The van der Waals surface area contributed by atoms with Crippen molar-refractivity contribution in [2.45, 2.75) is 25.3 Å². The summed E-state index contributed by atoms with van der Waals surface area (Å²) in [4.78, 5) is 1.39. The van der Waals surface area contributed by atoms with Gasteiger partial charge in [0.05, 0.1) is 4.34 Å². The van der Waals surface area contributed by atoms with E-state index in [-0.39, 0.29) is 0 Å². The summed E-state index contributed by atoms with van der Waals surface area (Å²) in [5.41, 5.74) is 0. The van der Waals surface area contributed by atoms with Crippen molar-refractivity contribution in [3.63, 3.8) is 0 Å². The third-order valence-corrected chi connectivity index (χ3v) is 3.59. The summed E-state index contributed by atoms with van der Waals surface area (Å²) >= 11 is 7.57. The van der Waals surface area contributed by atoms with Gasteiger partial charge in [-0.15, -0.1) is 11.3 Å². The van der Waals surface area contributed by atoms with Crippen LogP contribution < -0.4 is 5.32 Å². The Morgan fingerprint density at radius 1 is 1.42 bits per heavy atom. The van der Waals surface area contributed by atoms with E-state index in [1.807, 2.05) is 6.07 Å². The zero-order chi connectivity index (χ0) is 8.39. The second-order valence-electron chi connectivity index (χ2n) is 3.14. The van der Waals surface area contributed by atoms with Gasteiger partial charge in [0.15, 0.2) is 0 Å². The molecule has 0 aliphatic carbocycles. The highest BCUT2D eigenvalue weighted by molar-refractivity contribution is 7.16. The van der Waals surface area contributed by atoms with Crippen molar-refractivity contribution < 1.29 is 0 Å². The minimum absolute atomic E-state index is 0.566. The number of hydrogen-bond acceptors (Lipinski definition) is 2. The molecule has 2 rings (SSSR count). The largest absolute Gasteiger partial charge is 0.309 e. The molecule has 12 heavy (non-hydrogen) atoms. The van der Waals surface area contributed by atoms with Crippen molar-refractivity contribution in [1.82, 2.24) is 5.32 Å². The molecule has 0 radical (unpaired) electrons. The molecule has 0 saturated carbocycles. The molecule has 1 aliphatic heterocycles. The first-order valence-electron chi connectivity index (χ1n) is 4.35. The van der Waals surface area contributed by atoms with Crippen LogP contribution >= 0.6 is 22.9 Å². The van der Waals surface area contributed by atoms with Crippen LogP contribution in [0.1, 0.15) is 30.2 Å². The van der Waals surface area contributed by atoms with E-state index in [4.69, 9.17) is 11.6 Å². The Labute approximate surface area is 81.7 Å². The van der Waals surface area contributed by atoms with Crippen LogP contribution in [0.15, 0.2) is 12.1 Å². The van der Waals surface area contributed by atoms with E-state index in [1.165, 1.54) is 24.1 Å². The molecule has 1 N–H and O–H groups in total. The van der Waals surface area contributed by atoms with Gasteiger partial charge in [-0.25, -0.2) is 0 Å². The summed E-state index contributed by atoms with van der Waals surface area (Å²) in [5.74, 6) is 0. The highest BCUT2D eigenvalue weighted by Crippen LogP contribution is 2.30. The van der Waals surface area contributed by atoms with Crippen LogP contribution in [-0.4, -0.2) is 6.54 Å². The van der Waals surface area contributed by atoms with Crippen LogP contribution in [0.4, 0.5) is 0 Å². The standard InChI is InChI=1S/C9H12ClNS/c10-9-5-4-8(12-9)7-3-1-2-6-11-7/h4-5,7,11H,1-3,6H2. The zero-order valence-corrected chi connectivity index (χ0v) is 8.42. The fourth-order valence-electron chi connectivity index (χ4n) is 1.61. The van der Waals surface area contributed by atoms with Crippen LogP contribution in [0.5, 0.6) is 0 Å². The van der Waals surface area contributed by atoms with Gasteiger partial charge < -0.3 is 5.32 Å². The van der Waals surface area contributed by atoms with Crippen LogP contribution in [0, 0.1) is 0 Å². The van der Waals surface area contributed by atoms with Crippen molar-refractivity contribution in [3.8, 4) is 0 Å². The van der Waals surface area contributed by atoms with Crippen LogP contribution in [0.3, 0.4) is 0 Å². The van der Waals surface area contributed by atoms with Gasteiger partial charge in [0, 0.05) is 10.9 Å². The highest BCUT2D eigenvalue weighted by Gasteiger charge is 2.15. The van der Waals surface area contributed by atoms with Gasteiger partial charge >= 0.3 is 0 Å². The van der Waals surface area contributed by atoms with E-state index in [2.05, 4.69) is 11.4 Å². The molecule has 0 bridgehead atoms. The average Bonchev–Trinajstić information content (AvgIpc) is 2.54. The van der Waals surface area contributed by atoms with Gasteiger partial charge in [0.1, 0.15) is 0 Å². The topological polar surface area (TPSA) is 12.0 Å². The number of thiophene rings is 1. The van der Waals surface area contributed by atoms with E-state index < -0.39 is 0 Å². The van der Waals surface area contributed by atoms with Crippen LogP contribution in [0.25, 0.3) is 0 Å². The number of piperidine rings is 1. The maximum Gasteiger partial charge on any atom is 0.0931 e. The molecule has 66 valence electrons. The molecule has 1 fully saturated rings. The molecule has 1 aromatic rings. The Morgan fingerprint density at radius 3 is 2.92 bits per heavy atom. The van der Waals surface area contributed by atoms with Gasteiger partial charge in [-0.2, -0.15) is 0 Å². The fraction of sp³-hybridized carbons (Fsp3) is 0.556. The third kappa shape index (κ3) is 1.82. The molecule has 1 unspecified atom stereocenters. The lowest BCUT2D eigenvalue weighted by Gasteiger charge is -2.21. The zero-order valence-electron chi connectivity index (χ0n) is 6.85. The van der Waals surface area contributed by atoms with Crippen LogP contribution in [-0.2, 0) is 0 Å². The Kier molecular flexibility index (Phi) is 2.69. The molecule has 0 spiro atoms. The number of rotatable bonds is 1. The molecule has 1 aromatic heterocycles. The van der Waals surface area contributed by atoms with Crippen LogP contribution in [0.2, 0.25) is 4.34 Å². The Hall–Kier alpha value is -0.0500. The smallest absolute Gasteiger partial charge is 0.0931 e. The summed E-state index contributed by atoms with van der Waals surface area (Å²) < 4.78 is 0.900. The van der Waals surface area contributed by atoms with Crippen molar-refractivity contribution >= 4 is 22.9 Å². The van der Waals surface area contributed by atoms with E-state index in [1.54, 1.807) is 11.3 Å². The predicted octanol–water partition coefficient (Wildman–Crippen LogP) is 3.22. The number of nitrogens with one attached hydrogen (secondary N) is 1. The molecule has 1 saturated heterocycles. The van der Waals surface area contributed by atoms with Crippen molar-refractivity contribution in [2.75, 3.05) is 6.54 Å². The predicted molar refractivity (Wildman–Crippen MR) is 53.9 cm³/mol. The van der Waals surface area contributed by atoms with Crippen molar-refractivity contribution in [2.24, 2.45) is 0 Å². The number of halogens is 1. The maximum atomic E-state index is 5.87. The molecule has 0 amide bonds. The maximum absolute atomic E-state index is 5.87. The normalized spacial score (nSPS) is 24.2. The van der Waals surface area contributed by atoms with E-state index in [9.17, 15) is 0 Å². The quantitative estimate of drug-likeness (QED) is 0.736. The molecule has 1 nitrogen and oxygen atoms in total. The summed E-state index contributed by atoms with van der Waals surface area (Å²) in [6, 6.07) is 4.68. The highest BCUT2D eigenvalue weighted by atomic mass is 35.5. The van der Waals surface area contributed by atoms with Crippen molar-refractivity contribution in [3.05, 3.63) is 21.3 Å². The minimum Gasteiger partial charge on any atom is -0.309 e. The van der Waals surface area contributed by atoms with E-state index in [0.29, 0.717) is 6.04 Å². The van der Waals surface area contributed by atoms with Gasteiger partial charge in [0.2, 0.25) is 0 Å². The lowest BCUT2D eigenvalue weighted by atomic mass is 10.0. The first kappa shape index (κ1) is 8.54. The minimum atomic E-state index is 0.566. The molecular formula is C9H12ClNS. The second-order valence-corrected chi connectivity index (χ2v) is 4.89. The fourth-order valence-corrected chi connectivity index (χ4v) is 2.78. The van der Waals surface area contributed by atoms with E-state index >= 15 is 0 Å². The summed E-state index contributed by atoms with van der Waals surface area (Å²) in [6.07, 6.45) is 3.92.